The molecular formula is C33H50N4O7. The summed E-state index contributed by atoms with van der Waals surface area (Å²) < 4.78 is 10.9. The Labute approximate surface area is 261 Å². The van der Waals surface area contributed by atoms with Crippen LogP contribution in [0.15, 0.2) is 43.0 Å². The first-order valence-corrected chi connectivity index (χ1v) is 15.1. The quantitative estimate of drug-likeness (QED) is 0.240. The summed E-state index contributed by atoms with van der Waals surface area (Å²) in [6.45, 7) is 17.5. The smallest absolute Gasteiger partial charge is 0.408 e. The molecule has 0 bridgehead atoms. The Hall–Kier alpha value is -3.89. The molecule has 1 aliphatic rings. The van der Waals surface area contributed by atoms with Crippen molar-refractivity contribution < 1.29 is 33.4 Å². The lowest BCUT2D eigenvalue weighted by Gasteiger charge is -2.33. The molecule has 0 spiro atoms. The molecule has 3 unspecified atom stereocenters. The molecule has 1 heterocycles. The van der Waals surface area contributed by atoms with Crippen LogP contribution in [-0.4, -0.2) is 76.1 Å². The Bertz CT molecular complexity index is 1180. The number of carbonyl (C=O) groups is 5. The number of hydrogen-bond acceptors (Lipinski definition) is 7. The molecule has 4 amide bonds. The monoisotopic (exact) mass is 614 g/mol. The molecule has 1 saturated heterocycles. The number of hydrogen-bond donors (Lipinski definition) is 3. The fraction of sp³-hybridized carbons (Fsp3) is 0.606. The van der Waals surface area contributed by atoms with E-state index < -0.39 is 64.7 Å². The maximum atomic E-state index is 13.9. The van der Waals surface area contributed by atoms with E-state index in [2.05, 4.69) is 22.5 Å². The molecular weight excluding hydrogens is 564 g/mol. The van der Waals surface area contributed by atoms with Gasteiger partial charge in [-0.3, -0.25) is 14.4 Å². The number of nitrogens with zero attached hydrogens (tertiary/aromatic N) is 1. The van der Waals surface area contributed by atoms with Gasteiger partial charge in [-0.25, -0.2) is 9.59 Å². The molecule has 1 aliphatic heterocycles. The highest BCUT2D eigenvalue weighted by molar-refractivity contribution is 5.97. The molecule has 1 fully saturated rings. The first kappa shape index (κ1) is 36.3. The second-order valence-corrected chi connectivity index (χ2v) is 13.6. The average molecular weight is 615 g/mol. The summed E-state index contributed by atoms with van der Waals surface area (Å²) in [5, 5.41) is 8.11. The van der Waals surface area contributed by atoms with Gasteiger partial charge in [-0.2, -0.15) is 0 Å². The van der Waals surface area contributed by atoms with Gasteiger partial charge in [-0.1, -0.05) is 36.4 Å². The van der Waals surface area contributed by atoms with Crippen LogP contribution in [0, 0.1) is 0 Å². The zero-order valence-electron chi connectivity index (χ0n) is 27.5. The highest BCUT2D eigenvalue weighted by Gasteiger charge is 2.41. The summed E-state index contributed by atoms with van der Waals surface area (Å²) in [6, 6.07) is 6.46. The lowest BCUT2D eigenvalue weighted by molar-refractivity contribution is -0.163. The fourth-order valence-electron chi connectivity index (χ4n) is 4.69. The number of allylic oxidation sites excluding steroid dienone is 1. The highest BCUT2D eigenvalue weighted by Crippen LogP contribution is 2.23. The lowest BCUT2D eigenvalue weighted by Crippen LogP contribution is -2.62. The van der Waals surface area contributed by atoms with E-state index in [1.165, 1.54) is 18.7 Å². The van der Waals surface area contributed by atoms with Gasteiger partial charge in [0.25, 0.3) is 0 Å². The minimum absolute atomic E-state index is 0.176. The Morgan fingerprint density at radius 1 is 0.932 bits per heavy atom. The van der Waals surface area contributed by atoms with Crippen LogP contribution in [0.2, 0.25) is 0 Å². The molecule has 44 heavy (non-hydrogen) atoms. The van der Waals surface area contributed by atoms with Crippen molar-refractivity contribution in [2.24, 2.45) is 0 Å². The summed E-state index contributed by atoms with van der Waals surface area (Å²) in [5.74, 6) is -2.09. The molecule has 0 aromatic heterocycles. The molecule has 1 aromatic rings. The zero-order chi connectivity index (χ0) is 33.3. The van der Waals surface area contributed by atoms with Crippen molar-refractivity contribution in [1.82, 2.24) is 20.9 Å². The second-order valence-electron chi connectivity index (χ2n) is 13.6. The number of alkyl carbamates (subject to hydrolysis) is 1. The predicted molar refractivity (Wildman–Crippen MR) is 167 cm³/mol. The normalized spacial score (nSPS) is 16.7. The van der Waals surface area contributed by atoms with E-state index in [0.29, 0.717) is 25.8 Å². The first-order chi connectivity index (χ1) is 20.3. The summed E-state index contributed by atoms with van der Waals surface area (Å²) in [6.07, 6.45) is 2.80. The number of benzene rings is 1. The molecule has 1 aromatic carbocycles. The third-order valence-electron chi connectivity index (χ3n) is 6.77. The lowest BCUT2D eigenvalue weighted by atomic mass is 9.99. The molecule has 244 valence electrons. The number of likely N-dealkylation sites (tertiary alicyclic amines) is 1. The van der Waals surface area contributed by atoms with Gasteiger partial charge < -0.3 is 30.3 Å². The van der Waals surface area contributed by atoms with Crippen molar-refractivity contribution in [3.63, 3.8) is 0 Å². The molecule has 2 rings (SSSR count). The third-order valence-corrected chi connectivity index (χ3v) is 6.77. The number of rotatable bonds is 12. The minimum Gasteiger partial charge on any atom is -0.458 e. The van der Waals surface area contributed by atoms with Crippen LogP contribution >= 0.6 is 0 Å². The largest absolute Gasteiger partial charge is 0.458 e. The van der Waals surface area contributed by atoms with Gasteiger partial charge in [0.15, 0.2) is 0 Å². The van der Waals surface area contributed by atoms with Crippen LogP contribution in [0.5, 0.6) is 0 Å². The molecule has 0 saturated carbocycles. The molecule has 11 nitrogen and oxygen atoms in total. The van der Waals surface area contributed by atoms with E-state index in [0.717, 1.165) is 5.56 Å². The number of ether oxygens (including phenoxy) is 2. The molecule has 11 heteroatoms. The zero-order valence-corrected chi connectivity index (χ0v) is 27.5. The SMILES string of the molecule is C=CCCC(NC(=O)OC(C)(C)C)C(=O)NC(C)(C)C(=O)NC(Cc1ccccc1)C(=O)N1CCCC1C(=O)OC(C)(C)C. The van der Waals surface area contributed by atoms with Crippen molar-refractivity contribution >= 4 is 29.8 Å². The Kier molecular flexibility index (Phi) is 12.5. The number of esters is 1. The Balaban J connectivity index is 2.25. The van der Waals surface area contributed by atoms with Crippen molar-refractivity contribution in [2.75, 3.05) is 6.54 Å². The molecule has 0 aliphatic carbocycles. The van der Waals surface area contributed by atoms with E-state index in [1.54, 1.807) is 47.6 Å². The van der Waals surface area contributed by atoms with Gasteiger partial charge in [0.2, 0.25) is 17.7 Å². The average Bonchev–Trinajstić information content (AvgIpc) is 3.39. The van der Waals surface area contributed by atoms with Crippen molar-refractivity contribution in [1.29, 1.82) is 0 Å². The molecule has 0 radical (unpaired) electrons. The summed E-state index contributed by atoms with van der Waals surface area (Å²) >= 11 is 0. The van der Waals surface area contributed by atoms with Crippen LogP contribution in [0.3, 0.4) is 0 Å². The first-order valence-electron chi connectivity index (χ1n) is 15.1. The van der Waals surface area contributed by atoms with E-state index >= 15 is 0 Å². The maximum Gasteiger partial charge on any atom is 0.408 e. The Morgan fingerprint density at radius 2 is 1.55 bits per heavy atom. The summed E-state index contributed by atoms with van der Waals surface area (Å²) in [4.78, 5) is 67.7. The minimum atomic E-state index is -1.47. The maximum absolute atomic E-state index is 13.9. The van der Waals surface area contributed by atoms with E-state index in [1.807, 2.05) is 30.3 Å². The van der Waals surface area contributed by atoms with E-state index in [-0.39, 0.29) is 12.8 Å². The summed E-state index contributed by atoms with van der Waals surface area (Å²) in [7, 11) is 0. The second kappa shape index (κ2) is 15.2. The van der Waals surface area contributed by atoms with Gasteiger partial charge >= 0.3 is 12.1 Å². The van der Waals surface area contributed by atoms with Crippen molar-refractivity contribution in [2.45, 2.75) is 122 Å². The molecule has 3 N–H and O–H groups in total. The number of nitrogens with one attached hydrogen (secondary N) is 3. The van der Waals surface area contributed by atoms with Crippen LogP contribution in [0.4, 0.5) is 4.79 Å². The van der Waals surface area contributed by atoms with Crippen LogP contribution < -0.4 is 16.0 Å². The number of amides is 4. The van der Waals surface area contributed by atoms with E-state index in [9.17, 15) is 24.0 Å². The molecule has 3 atom stereocenters. The standard InChI is InChI=1S/C33H50N4O7/c1-10-11-18-23(35-30(42)44-32(5,6)7)26(38)36-33(8,9)29(41)34-24(21-22-16-13-12-14-17-22)27(39)37-20-15-19-25(37)28(40)43-31(2,3)4/h10,12-14,16-17,23-25H,1,11,15,18-21H2,2-9H3,(H,34,41)(H,35,42)(H,36,38). The topological polar surface area (TPSA) is 143 Å². The third kappa shape index (κ3) is 11.7. The van der Waals surface area contributed by atoms with Crippen LogP contribution in [-0.2, 0) is 35.1 Å². The fourth-order valence-corrected chi connectivity index (χ4v) is 4.69. The van der Waals surface area contributed by atoms with Gasteiger partial charge in [-0.05, 0) is 86.6 Å². The van der Waals surface area contributed by atoms with Gasteiger partial charge in [0.1, 0.15) is 34.9 Å². The highest BCUT2D eigenvalue weighted by atomic mass is 16.6. The van der Waals surface area contributed by atoms with Crippen LogP contribution in [0.25, 0.3) is 0 Å². The van der Waals surface area contributed by atoms with E-state index in [4.69, 9.17) is 9.47 Å². The van der Waals surface area contributed by atoms with Gasteiger partial charge in [0, 0.05) is 13.0 Å². The Morgan fingerprint density at radius 3 is 2.11 bits per heavy atom. The summed E-state index contributed by atoms with van der Waals surface area (Å²) in [5.41, 5.74) is -2.13. The van der Waals surface area contributed by atoms with Gasteiger partial charge in [0.05, 0.1) is 0 Å². The van der Waals surface area contributed by atoms with Gasteiger partial charge in [-0.15, -0.1) is 6.58 Å². The number of carbonyl (C=O) groups excluding carboxylic acids is 5. The van der Waals surface area contributed by atoms with Crippen LogP contribution in [0.1, 0.15) is 86.6 Å². The predicted octanol–water partition coefficient (Wildman–Crippen LogP) is 3.80. The van der Waals surface area contributed by atoms with Crippen molar-refractivity contribution in [3.8, 4) is 0 Å². The van der Waals surface area contributed by atoms with Crippen molar-refractivity contribution in [3.05, 3.63) is 48.6 Å².